The van der Waals surface area contributed by atoms with E-state index in [9.17, 15) is 22.0 Å². The van der Waals surface area contributed by atoms with Crippen LogP contribution >= 0.6 is 0 Å². The highest BCUT2D eigenvalue weighted by Crippen LogP contribution is 2.32. The summed E-state index contributed by atoms with van der Waals surface area (Å²) in [5, 5.41) is 0. The Morgan fingerprint density at radius 2 is 1.75 bits per heavy atom. The van der Waals surface area contributed by atoms with Gasteiger partial charge in [-0.3, -0.25) is 0 Å². The van der Waals surface area contributed by atoms with Gasteiger partial charge in [0.25, 0.3) is 0 Å². The van der Waals surface area contributed by atoms with Crippen LogP contribution in [-0.4, -0.2) is 4.98 Å². The molecule has 0 bridgehead atoms. The van der Waals surface area contributed by atoms with Crippen LogP contribution in [0.1, 0.15) is 5.56 Å². The maximum atomic E-state index is 13.4. The zero-order valence-corrected chi connectivity index (χ0v) is 9.71. The van der Waals surface area contributed by atoms with Gasteiger partial charge in [-0.25, -0.2) is 13.8 Å². The number of nitrogens with zero attached hydrogens (tertiary/aromatic N) is 1. The van der Waals surface area contributed by atoms with Crippen LogP contribution in [0.5, 0.6) is 11.6 Å². The maximum absolute atomic E-state index is 13.4. The molecule has 8 heteroatoms. The van der Waals surface area contributed by atoms with Crippen LogP contribution in [-0.2, 0) is 6.18 Å². The number of nitrogen functional groups attached to an aromatic ring is 1. The summed E-state index contributed by atoms with van der Waals surface area (Å²) in [6.07, 6.45) is -3.74. The molecule has 20 heavy (non-hydrogen) atoms. The molecule has 0 fully saturated rings. The molecule has 0 unspecified atom stereocenters. The number of ether oxygens (including phenoxy) is 1. The molecule has 2 N–H and O–H groups in total. The van der Waals surface area contributed by atoms with Crippen molar-refractivity contribution in [2.75, 3.05) is 5.73 Å². The lowest BCUT2D eigenvalue weighted by molar-refractivity contribution is -0.137. The van der Waals surface area contributed by atoms with Crippen molar-refractivity contribution in [3.63, 3.8) is 0 Å². The van der Waals surface area contributed by atoms with Crippen LogP contribution in [0.4, 0.5) is 27.6 Å². The lowest BCUT2D eigenvalue weighted by Crippen LogP contribution is -2.05. The Kier molecular flexibility index (Phi) is 3.47. The van der Waals surface area contributed by atoms with E-state index in [1.165, 1.54) is 0 Å². The fourth-order valence-corrected chi connectivity index (χ4v) is 1.38. The molecular formula is C12H7F5N2O. The first-order valence-corrected chi connectivity index (χ1v) is 5.23. The van der Waals surface area contributed by atoms with Gasteiger partial charge < -0.3 is 10.5 Å². The van der Waals surface area contributed by atoms with Gasteiger partial charge in [-0.15, -0.1) is 0 Å². The van der Waals surface area contributed by atoms with Crippen molar-refractivity contribution in [2.45, 2.75) is 6.18 Å². The molecule has 1 heterocycles. The average Bonchev–Trinajstić information content (AvgIpc) is 2.35. The zero-order valence-electron chi connectivity index (χ0n) is 9.71. The number of aromatic nitrogens is 1. The molecule has 0 aliphatic rings. The van der Waals surface area contributed by atoms with Gasteiger partial charge in [0.15, 0.2) is 11.6 Å². The minimum absolute atomic E-state index is 0.438. The standard InChI is InChI=1S/C12H7F5N2O/c13-7-5-10(8(14)4-9(7)18)20-11-3-6(1-2-19-11)12(15,16)17/h1-5H,18H2. The van der Waals surface area contributed by atoms with Crippen molar-refractivity contribution >= 4 is 5.69 Å². The van der Waals surface area contributed by atoms with Crippen LogP contribution in [0.3, 0.4) is 0 Å². The molecule has 2 rings (SSSR count). The van der Waals surface area contributed by atoms with Crippen LogP contribution in [0.2, 0.25) is 0 Å². The largest absolute Gasteiger partial charge is 0.436 e. The van der Waals surface area contributed by atoms with Crippen LogP contribution < -0.4 is 10.5 Å². The monoisotopic (exact) mass is 290 g/mol. The number of hydrogen-bond donors (Lipinski definition) is 1. The van der Waals surface area contributed by atoms with E-state index in [4.69, 9.17) is 10.5 Å². The van der Waals surface area contributed by atoms with Gasteiger partial charge in [0.05, 0.1) is 11.3 Å². The molecule has 0 aliphatic carbocycles. The quantitative estimate of drug-likeness (QED) is 0.677. The molecule has 0 saturated carbocycles. The molecule has 0 radical (unpaired) electrons. The number of hydrogen-bond acceptors (Lipinski definition) is 3. The molecule has 0 saturated heterocycles. The number of halogens is 5. The summed E-state index contributed by atoms with van der Waals surface area (Å²) in [5.74, 6) is -3.08. The Balaban J connectivity index is 2.33. The third kappa shape index (κ3) is 2.95. The summed E-state index contributed by atoms with van der Waals surface area (Å²) < 4.78 is 68.8. The lowest BCUT2D eigenvalue weighted by Gasteiger charge is -2.10. The van der Waals surface area contributed by atoms with Crippen LogP contribution in [0.15, 0.2) is 30.5 Å². The summed E-state index contributed by atoms with van der Waals surface area (Å²) >= 11 is 0. The van der Waals surface area contributed by atoms with Gasteiger partial charge in [0, 0.05) is 24.4 Å². The van der Waals surface area contributed by atoms with Gasteiger partial charge in [0.1, 0.15) is 5.82 Å². The Labute approximate surface area is 109 Å². The average molecular weight is 290 g/mol. The van der Waals surface area contributed by atoms with E-state index < -0.39 is 40.7 Å². The molecule has 1 aromatic carbocycles. The van der Waals surface area contributed by atoms with Crippen molar-refractivity contribution in [3.05, 3.63) is 47.7 Å². The molecule has 3 nitrogen and oxygen atoms in total. The second-order valence-electron chi connectivity index (χ2n) is 3.79. The number of alkyl halides is 3. The first kappa shape index (κ1) is 14.0. The first-order chi connectivity index (χ1) is 9.27. The summed E-state index contributed by atoms with van der Waals surface area (Å²) in [5.41, 5.74) is 3.68. The number of rotatable bonds is 2. The van der Waals surface area contributed by atoms with Crippen molar-refractivity contribution in [2.24, 2.45) is 0 Å². The highest BCUT2D eigenvalue weighted by atomic mass is 19.4. The van der Waals surface area contributed by atoms with Crippen molar-refractivity contribution in [1.29, 1.82) is 0 Å². The molecule has 1 aromatic heterocycles. The van der Waals surface area contributed by atoms with E-state index in [2.05, 4.69) is 4.98 Å². The van der Waals surface area contributed by atoms with Crippen LogP contribution in [0, 0.1) is 11.6 Å². The summed E-state index contributed by atoms with van der Waals surface area (Å²) in [6.45, 7) is 0. The van der Waals surface area contributed by atoms with E-state index >= 15 is 0 Å². The molecule has 0 atom stereocenters. The van der Waals surface area contributed by atoms with Gasteiger partial charge in [-0.1, -0.05) is 0 Å². The normalized spacial score (nSPS) is 11.4. The van der Waals surface area contributed by atoms with Gasteiger partial charge in [-0.05, 0) is 6.07 Å². The fraction of sp³-hybridized carbons (Fsp3) is 0.0833. The molecular weight excluding hydrogens is 283 g/mol. The molecule has 0 aliphatic heterocycles. The predicted molar refractivity (Wildman–Crippen MR) is 60.1 cm³/mol. The number of nitrogens with two attached hydrogens (primary N) is 1. The van der Waals surface area contributed by atoms with Crippen molar-refractivity contribution in [3.8, 4) is 11.6 Å². The lowest BCUT2D eigenvalue weighted by atomic mass is 10.2. The fourth-order valence-electron chi connectivity index (χ4n) is 1.38. The summed E-state index contributed by atoms with van der Waals surface area (Å²) in [4.78, 5) is 3.50. The Hall–Kier alpha value is -2.38. The second kappa shape index (κ2) is 4.95. The number of benzene rings is 1. The number of anilines is 1. The SMILES string of the molecule is Nc1cc(F)c(Oc2cc(C(F)(F)F)ccn2)cc1F. The van der Waals surface area contributed by atoms with Gasteiger partial charge >= 0.3 is 6.18 Å². The second-order valence-corrected chi connectivity index (χ2v) is 3.79. The van der Waals surface area contributed by atoms with Gasteiger partial charge in [0.2, 0.25) is 5.88 Å². The Bertz CT molecular complexity index is 642. The van der Waals surface area contributed by atoms with Crippen molar-refractivity contribution in [1.82, 2.24) is 4.98 Å². The minimum Gasteiger partial charge on any atom is -0.436 e. The third-order valence-corrected chi connectivity index (χ3v) is 2.33. The van der Waals surface area contributed by atoms with Crippen LogP contribution in [0.25, 0.3) is 0 Å². The topological polar surface area (TPSA) is 48.1 Å². The first-order valence-electron chi connectivity index (χ1n) is 5.23. The van der Waals surface area contributed by atoms with E-state index in [-0.39, 0.29) is 0 Å². The predicted octanol–water partition coefficient (Wildman–Crippen LogP) is 3.75. The summed E-state index contributed by atoms with van der Waals surface area (Å²) in [6, 6.07) is 2.60. The maximum Gasteiger partial charge on any atom is 0.416 e. The summed E-state index contributed by atoms with van der Waals surface area (Å²) in [7, 11) is 0. The van der Waals surface area contributed by atoms with Crippen molar-refractivity contribution < 1.29 is 26.7 Å². The third-order valence-electron chi connectivity index (χ3n) is 2.33. The molecule has 0 amide bonds. The van der Waals surface area contributed by atoms with E-state index in [0.717, 1.165) is 12.3 Å². The highest BCUT2D eigenvalue weighted by molar-refractivity contribution is 5.45. The van der Waals surface area contributed by atoms with Gasteiger partial charge in [-0.2, -0.15) is 13.2 Å². The van der Waals surface area contributed by atoms with E-state index in [0.29, 0.717) is 18.2 Å². The number of pyridine rings is 1. The molecule has 106 valence electrons. The minimum atomic E-state index is -4.59. The Morgan fingerprint density at radius 3 is 2.40 bits per heavy atom. The Morgan fingerprint density at radius 1 is 1.05 bits per heavy atom. The van der Waals surface area contributed by atoms with E-state index in [1.807, 2.05) is 0 Å². The zero-order chi connectivity index (χ0) is 14.9. The van der Waals surface area contributed by atoms with E-state index in [1.54, 1.807) is 0 Å². The highest BCUT2D eigenvalue weighted by Gasteiger charge is 2.31. The molecule has 0 spiro atoms. The molecule has 2 aromatic rings. The smallest absolute Gasteiger partial charge is 0.416 e.